The number of rotatable bonds is 2. The van der Waals surface area contributed by atoms with Gasteiger partial charge in [0.2, 0.25) is 0 Å². The van der Waals surface area contributed by atoms with E-state index in [-0.39, 0.29) is 11.5 Å². The number of nitrogen functional groups attached to an aromatic ring is 1. The Bertz CT molecular complexity index is 836. The van der Waals surface area contributed by atoms with Gasteiger partial charge in [-0.25, -0.2) is 23.1 Å². The summed E-state index contributed by atoms with van der Waals surface area (Å²) in [5.41, 5.74) is 6.53. The van der Waals surface area contributed by atoms with E-state index in [0.29, 0.717) is 16.6 Å². The Morgan fingerprint density at radius 3 is 2.57 bits per heavy atom. The standard InChI is InChI=1S/C14H9F3N4/c15-9-2-4-11(13(17)12(9)16)21-14-8-5-7(18)1-3-10(8)19-6-20-14/h1-6H,18H2,(H,19,20,21). The van der Waals surface area contributed by atoms with Crippen molar-refractivity contribution in [1.29, 1.82) is 0 Å². The lowest BCUT2D eigenvalue weighted by atomic mass is 10.2. The van der Waals surface area contributed by atoms with E-state index >= 15 is 0 Å². The van der Waals surface area contributed by atoms with Crippen molar-refractivity contribution in [3.63, 3.8) is 0 Å². The first-order valence-electron chi connectivity index (χ1n) is 5.97. The third-order valence-electron chi connectivity index (χ3n) is 2.95. The zero-order valence-corrected chi connectivity index (χ0v) is 10.6. The molecule has 3 N–H and O–H groups in total. The lowest BCUT2D eigenvalue weighted by Gasteiger charge is -2.10. The molecule has 1 heterocycles. The summed E-state index contributed by atoms with van der Waals surface area (Å²) >= 11 is 0. The van der Waals surface area contributed by atoms with E-state index in [0.717, 1.165) is 12.1 Å². The van der Waals surface area contributed by atoms with Crippen LogP contribution in [-0.2, 0) is 0 Å². The fourth-order valence-electron chi connectivity index (χ4n) is 1.92. The number of hydrogen-bond donors (Lipinski definition) is 2. The summed E-state index contributed by atoms with van der Waals surface area (Å²) in [7, 11) is 0. The van der Waals surface area contributed by atoms with E-state index in [1.807, 2.05) is 0 Å². The molecule has 0 bridgehead atoms. The molecule has 0 radical (unpaired) electrons. The first kappa shape index (κ1) is 13.2. The van der Waals surface area contributed by atoms with Gasteiger partial charge >= 0.3 is 0 Å². The third-order valence-corrected chi connectivity index (χ3v) is 2.95. The fraction of sp³-hybridized carbons (Fsp3) is 0. The lowest BCUT2D eigenvalue weighted by Crippen LogP contribution is -2.01. The van der Waals surface area contributed by atoms with E-state index in [9.17, 15) is 13.2 Å². The van der Waals surface area contributed by atoms with Crippen molar-refractivity contribution in [2.24, 2.45) is 0 Å². The van der Waals surface area contributed by atoms with Gasteiger partial charge in [0.25, 0.3) is 0 Å². The van der Waals surface area contributed by atoms with Crippen molar-refractivity contribution in [2.75, 3.05) is 11.1 Å². The van der Waals surface area contributed by atoms with E-state index in [1.54, 1.807) is 18.2 Å². The molecular weight excluding hydrogens is 281 g/mol. The summed E-state index contributed by atoms with van der Waals surface area (Å²) < 4.78 is 39.8. The number of benzene rings is 2. The average Bonchev–Trinajstić information content (AvgIpc) is 2.48. The van der Waals surface area contributed by atoms with Crippen LogP contribution in [0, 0.1) is 17.5 Å². The van der Waals surface area contributed by atoms with Crippen molar-refractivity contribution >= 4 is 28.1 Å². The highest BCUT2D eigenvalue weighted by Gasteiger charge is 2.14. The number of aromatic nitrogens is 2. The molecule has 0 amide bonds. The maximum Gasteiger partial charge on any atom is 0.196 e. The minimum absolute atomic E-state index is 0.226. The number of nitrogens with two attached hydrogens (primary N) is 1. The Labute approximate surface area is 117 Å². The summed E-state index contributed by atoms with van der Waals surface area (Å²) in [5, 5.41) is 3.17. The lowest BCUT2D eigenvalue weighted by molar-refractivity contribution is 0.449. The van der Waals surface area contributed by atoms with Gasteiger partial charge in [-0.1, -0.05) is 0 Å². The van der Waals surface area contributed by atoms with Crippen LogP contribution in [0.25, 0.3) is 10.9 Å². The Morgan fingerprint density at radius 2 is 1.76 bits per heavy atom. The summed E-state index contributed by atoms with van der Waals surface area (Å²) in [6, 6.07) is 6.87. The van der Waals surface area contributed by atoms with E-state index in [4.69, 9.17) is 5.73 Å². The Hall–Kier alpha value is -2.83. The van der Waals surface area contributed by atoms with Crippen molar-refractivity contribution in [1.82, 2.24) is 9.97 Å². The van der Waals surface area contributed by atoms with Crippen molar-refractivity contribution in [3.05, 3.63) is 54.1 Å². The van der Waals surface area contributed by atoms with Gasteiger partial charge < -0.3 is 11.1 Å². The summed E-state index contributed by atoms with van der Waals surface area (Å²) in [5.74, 6) is -3.87. The molecule has 3 aromatic rings. The molecule has 2 aromatic carbocycles. The zero-order chi connectivity index (χ0) is 15.0. The summed E-state index contributed by atoms with van der Waals surface area (Å²) in [6.45, 7) is 0. The second kappa shape index (κ2) is 4.93. The minimum atomic E-state index is -1.54. The molecule has 0 fully saturated rings. The Morgan fingerprint density at radius 1 is 0.952 bits per heavy atom. The first-order chi connectivity index (χ1) is 10.1. The molecule has 0 saturated carbocycles. The second-order valence-electron chi connectivity index (χ2n) is 4.35. The average molecular weight is 290 g/mol. The van der Waals surface area contributed by atoms with Crippen LogP contribution >= 0.6 is 0 Å². The Kier molecular flexibility index (Phi) is 3.09. The van der Waals surface area contributed by atoms with Crippen molar-refractivity contribution in [2.45, 2.75) is 0 Å². The van der Waals surface area contributed by atoms with Crippen molar-refractivity contribution in [3.8, 4) is 0 Å². The van der Waals surface area contributed by atoms with E-state index in [2.05, 4.69) is 15.3 Å². The number of halogens is 3. The van der Waals surface area contributed by atoms with Crippen LogP contribution in [0.5, 0.6) is 0 Å². The molecule has 21 heavy (non-hydrogen) atoms. The maximum atomic E-state index is 13.7. The first-order valence-corrected chi connectivity index (χ1v) is 5.97. The largest absolute Gasteiger partial charge is 0.399 e. The van der Waals surface area contributed by atoms with Crippen LogP contribution in [0.3, 0.4) is 0 Å². The van der Waals surface area contributed by atoms with Gasteiger partial charge in [0.05, 0.1) is 11.2 Å². The Balaban J connectivity index is 2.10. The van der Waals surface area contributed by atoms with E-state index in [1.165, 1.54) is 6.33 Å². The fourth-order valence-corrected chi connectivity index (χ4v) is 1.92. The highest BCUT2D eigenvalue weighted by Crippen LogP contribution is 2.27. The second-order valence-corrected chi connectivity index (χ2v) is 4.35. The highest BCUT2D eigenvalue weighted by atomic mass is 19.2. The topological polar surface area (TPSA) is 63.8 Å². The summed E-state index contributed by atoms with van der Waals surface area (Å²) in [6.07, 6.45) is 1.28. The van der Waals surface area contributed by atoms with Crippen LogP contribution < -0.4 is 11.1 Å². The van der Waals surface area contributed by atoms with Crippen molar-refractivity contribution < 1.29 is 13.2 Å². The van der Waals surface area contributed by atoms with E-state index < -0.39 is 17.5 Å². The predicted molar refractivity (Wildman–Crippen MR) is 73.5 cm³/mol. The number of anilines is 3. The van der Waals surface area contributed by atoms with Gasteiger partial charge in [-0.15, -0.1) is 0 Å². The number of hydrogen-bond acceptors (Lipinski definition) is 4. The van der Waals surface area contributed by atoms with Crippen LogP contribution in [0.1, 0.15) is 0 Å². The SMILES string of the molecule is Nc1ccc2ncnc(Nc3ccc(F)c(F)c3F)c2c1. The molecule has 3 rings (SSSR count). The molecule has 0 aliphatic heterocycles. The number of nitrogens with zero attached hydrogens (tertiary/aromatic N) is 2. The van der Waals surface area contributed by atoms with Gasteiger partial charge in [-0.2, -0.15) is 0 Å². The summed E-state index contributed by atoms with van der Waals surface area (Å²) in [4.78, 5) is 8.02. The predicted octanol–water partition coefficient (Wildman–Crippen LogP) is 3.37. The monoisotopic (exact) mass is 290 g/mol. The molecule has 0 saturated heterocycles. The number of nitrogens with one attached hydrogen (secondary N) is 1. The molecular formula is C14H9F3N4. The van der Waals surface area contributed by atoms with Crippen LogP contribution in [0.4, 0.5) is 30.4 Å². The van der Waals surface area contributed by atoms with Crippen LogP contribution in [0.15, 0.2) is 36.7 Å². The molecule has 4 nitrogen and oxygen atoms in total. The molecule has 0 aliphatic rings. The highest BCUT2D eigenvalue weighted by molar-refractivity contribution is 5.92. The molecule has 106 valence electrons. The minimum Gasteiger partial charge on any atom is -0.399 e. The molecule has 0 spiro atoms. The molecule has 1 aromatic heterocycles. The van der Waals surface area contributed by atoms with Gasteiger partial charge in [0.1, 0.15) is 12.1 Å². The molecule has 0 unspecified atom stereocenters. The molecule has 7 heteroatoms. The zero-order valence-electron chi connectivity index (χ0n) is 10.6. The van der Waals surface area contributed by atoms with Crippen LogP contribution in [-0.4, -0.2) is 9.97 Å². The van der Waals surface area contributed by atoms with Crippen LogP contribution in [0.2, 0.25) is 0 Å². The van der Waals surface area contributed by atoms with Gasteiger partial charge in [-0.05, 0) is 30.3 Å². The van der Waals surface area contributed by atoms with Gasteiger partial charge in [0.15, 0.2) is 17.5 Å². The third kappa shape index (κ3) is 2.33. The molecule has 0 atom stereocenters. The normalized spacial score (nSPS) is 10.8. The maximum absolute atomic E-state index is 13.7. The number of fused-ring (bicyclic) bond motifs is 1. The van der Waals surface area contributed by atoms with Gasteiger partial charge in [0, 0.05) is 11.1 Å². The molecule has 0 aliphatic carbocycles. The smallest absolute Gasteiger partial charge is 0.196 e. The van der Waals surface area contributed by atoms with Gasteiger partial charge in [-0.3, -0.25) is 0 Å². The quantitative estimate of drug-likeness (QED) is 0.561.